The number of aliphatic hydroxyl groups is 1. The quantitative estimate of drug-likeness (QED) is 0.682. The Morgan fingerprint density at radius 3 is 2.95 bits per heavy atom. The van der Waals surface area contributed by atoms with Gasteiger partial charge in [-0.1, -0.05) is 11.8 Å². The van der Waals surface area contributed by atoms with Crippen molar-refractivity contribution in [2.75, 3.05) is 26.0 Å². The summed E-state index contributed by atoms with van der Waals surface area (Å²) in [6, 6.07) is 5.83. The molecule has 0 amide bonds. The van der Waals surface area contributed by atoms with Crippen LogP contribution in [0.1, 0.15) is 13.8 Å². The highest BCUT2D eigenvalue weighted by Crippen LogP contribution is 2.25. The van der Waals surface area contributed by atoms with Crippen molar-refractivity contribution in [1.29, 1.82) is 0 Å². The van der Waals surface area contributed by atoms with Gasteiger partial charge in [-0.2, -0.15) is 0 Å². The fourth-order valence-electron chi connectivity index (χ4n) is 1.71. The van der Waals surface area contributed by atoms with Gasteiger partial charge in [-0.25, -0.2) is 4.98 Å². The van der Waals surface area contributed by atoms with Crippen LogP contribution >= 0.6 is 11.8 Å². The third-order valence-corrected chi connectivity index (χ3v) is 4.47. The second-order valence-corrected chi connectivity index (χ2v) is 5.88. The summed E-state index contributed by atoms with van der Waals surface area (Å²) in [4.78, 5) is 7.81. The van der Waals surface area contributed by atoms with Gasteiger partial charge >= 0.3 is 0 Å². The predicted molar refractivity (Wildman–Crippen MR) is 82.5 cm³/mol. The fourth-order valence-corrected chi connectivity index (χ4v) is 2.75. The highest BCUT2D eigenvalue weighted by Gasteiger charge is 2.21. The topological polar surface area (TPSA) is 70.2 Å². The SMILES string of the molecule is CCOc1ccc2nc(SCC(C)(CO)NC)[nH]c2c1. The summed E-state index contributed by atoms with van der Waals surface area (Å²) in [7, 11) is 1.85. The van der Waals surface area contributed by atoms with E-state index in [0.717, 1.165) is 27.7 Å². The van der Waals surface area contributed by atoms with E-state index in [1.54, 1.807) is 11.8 Å². The Kier molecular flexibility index (Phi) is 4.91. The highest BCUT2D eigenvalue weighted by atomic mass is 32.2. The van der Waals surface area contributed by atoms with E-state index in [1.807, 2.05) is 39.1 Å². The van der Waals surface area contributed by atoms with Gasteiger partial charge in [0, 0.05) is 17.4 Å². The van der Waals surface area contributed by atoms with Crippen LogP contribution in [0.2, 0.25) is 0 Å². The molecule has 0 aliphatic heterocycles. The largest absolute Gasteiger partial charge is 0.494 e. The van der Waals surface area contributed by atoms with E-state index >= 15 is 0 Å². The number of aliphatic hydroxyl groups excluding tert-OH is 1. The molecule has 1 unspecified atom stereocenters. The zero-order valence-electron chi connectivity index (χ0n) is 12.1. The summed E-state index contributed by atoms with van der Waals surface area (Å²) in [5.74, 6) is 1.58. The van der Waals surface area contributed by atoms with Crippen LogP contribution in [0, 0.1) is 0 Å². The number of hydrogen-bond donors (Lipinski definition) is 3. The molecule has 0 saturated carbocycles. The van der Waals surface area contributed by atoms with Crippen LogP contribution in [0.4, 0.5) is 0 Å². The van der Waals surface area contributed by atoms with Gasteiger partial charge in [0.05, 0.1) is 24.2 Å². The van der Waals surface area contributed by atoms with E-state index in [1.165, 1.54) is 0 Å². The van der Waals surface area contributed by atoms with E-state index in [-0.39, 0.29) is 12.1 Å². The van der Waals surface area contributed by atoms with Crippen LogP contribution in [-0.4, -0.2) is 46.6 Å². The molecular formula is C14H21N3O2S. The Balaban J connectivity index is 2.11. The molecule has 2 aromatic rings. The molecule has 0 aliphatic rings. The van der Waals surface area contributed by atoms with Crippen LogP contribution in [0.5, 0.6) is 5.75 Å². The van der Waals surface area contributed by atoms with Crippen molar-refractivity contribution in [2.45, 2.75) is 24.5 Å². The second-order valence-electron chi connectivity index (χ2n) is 4.91. The number of aromatic nitrogens is 2. The number of likely N-dealkylation sites (N-methyl/N-ethyl adjacent to an activating group) is 1. The van der Waals surface area contributed by atoms with E-state index < -0.39 is 0 Å². The standard InChI is InChI=1S/C14H21N3O2S/c1-4-19-10-5-6-11-12(7-10)17-13(16-11)20-9-14(2,8-18)15-3/h5-7,15,18H,4,8-9H2,1-3H3,(H,16,17). The van der Waals surface area contributed by atoms with E-state index in [2.05, 4.69) is 15.3 Å². The Bertz CT molecular complexity index is 567. The summed E-state index contributed by atoms with van der Waals surface area (Å²) in [5, 5.41) is 13.4. The summed E-state index contributed by atoms with van der Waals surface area (Å²) in [5.41, 5.74) is 1.58. The molecule has 1 aromatic heterocycles. The maximum atomic E-state index is 9.38. The molecule has 1 heterocycles. The van der Waals surface area contributed by atoms with E-state index in [0.29, 0.717) is 6.61 Å². The average molecular weight is 295 g/mol. The number of H-pyrrole nitrogens is 1. The first kappa shape index (κ1) is 15.2. The molecule has 110 valence electrons. The van der Waals surface area contributed by atoms with Gasteiger partial charge in [0.15, 0.2) is 5.16 Å². The molecule has 0 saturated heterocycles. The molecule has 1 atom stereocenters. The Morgan fingerprint density at radius 2 is 2.30 bits per heavy atom. The molecule has 0 bridgehead atoms. The van der Waals surface area contributed by atoms with Crippen molar-refractivity contribution >= 4 is 22.8 Å². The van der Waals surface area contributed by atoms with Gasteiger partial charge < -0.3 is 20.1 Å². The third kappa shape index (κ3) is 3.45. The predicted octanol–water partition coefficient (Wildman–Crippen LogP) is 2.02. The average Bonchev–Trinajstić information content (AvgIpc) is 2.87. The number of ether oxygens (including phenoxy) is 1. The number of benzene rings is 1. The number of thioether (sulfide) groups is 1. The molecular weight excluding hydrogens is 274 g/mol. The fraction of sp³-hybridized carbons (Fsp3) is 0.500. The Hall–Kier alpha value is -1.24. The lowest BCUT2D eigenvalue weighted by atomic mass is 10.1. The summed E-state index contributed by atoms with van der Waals surface area (Å²) in [6.07, 6.45) is 0. The number of rotatable bonds is 7. The van der Waals surface area contributed by atoms with Gasteiger partial charge in [0.1, 0.15) is 5.75 Å². The summed E-state index contributed by atoms with van der Waals surface area (Å²) < 4.78 is 5.47. The number of fused-ring (bicyclic) bond motifs is 1. The van der Waals surface area contributed by atoms with Crippen molar-refractivity contribution in [1.82, 2.24) is 15.3 Å². The minimum absolute atomic E-state index is 0.0885. The first-order valence-corrected chi connectivity index (χ1v) is 7.64. The number of nitrogens with one attached hydrogen (secondary N) is 2. The van der Waals surface area contributed by atoms with E-state index in [9.17, 15) is 5.11 Å². The lowest BCUT2D eigenvalue weighted by Gasteiger charge is -2.25. The van der Waals surface area contributed by atoms with Crippen molar-refractivity contribution in [3.8, 4) is 5.75 Å². The molecule has 2 rings (SSSR count). The number of hydrogen-bond acceptors (Lipinski definition) is 5. The molecule has 5 nitrogen and oxygen atoms in total. The summed E-state index contributed by atoms with van der Waals surface area (Å²) >= 11 is 1.59. The Morgan fingerprint density at radius 1 is 1.50 bits per heavy atom. The minimum Gasteiger partial charge on any atom is -0.494 e. The van der Waals surface area contributed by atoms with Crippen LogP contribution in [0.15, 0.2) is 23.4 Å². The number of aromatic amines is 1. The number of imidazole rings is 1. The van der Waals surface area contributed by atoms with E-state index in [4.69, 9.17) is 4.74 Å². The molecule has 0 radical (unpaired) electrons. The maximum Gasteiger partial charge on any atom is 0.166 e. The van der Waals surface area contributed by atoms with Crippen LogP contribution in [0.25, 0.3) is 11.0 Å². The molecule has 0 spiro atoms. The van der Waals surface area contributed by atoms with Gasteiger partial charge in [-0.3, -0.25) is 0 Å². The molecule has 0 aliphatic carbocycles. The third-order valence-electron chi connectivity index (χ3n) is 3.22. The smallest absolute Gasteiger partial charge is 0.166 e. The summed E-state index contributed by atoms with van der Waals surface area (Å²) in [6.45, 7) is 4.69. The van der Waals surface area contributed by atoms with Crippen molar-refractivity contribution in [2.24, 2.45) is 0 Å². The van der Waals surface area contributed by atoms with Gasteiger partial charge in [-0.05, 0) is 33.0 Å². The van der Waals surface area contributed by atoms with Gasteiger partial charge in [-0.15, -0.1) is 0 Å². The maximum absolute atomic E-state index is 9.38. The van der Waals surface area contributed by atoms with Gasteiger partial charge in [0.25, 0.3) is 0 Å². The zero-order valence-corrected chi connectivity index (χ0v) is 12.9. The Labute approximate surface area is 123 Å². The van der Waals surface area contributed by atoms with Crippen molar-refractivity contribution in [3.63, 3.8) is 0 Å². The second kappa shape index (κ2) is 6.47. The van der Waals surface area contributed by atoms with Crippen molar-refractivity contribution < 1.29 is 9.84 Å². The molecule has 0 fully saturated rings. The molecule has 3 N–H and O–H groups in total. The number of nitrogens with zero attached hydrogens (tertiary/aromatic N) is 1. The first-order chi connectivity index (χ1) is 9.60. The molecule has 1 aromatic carbocycles. The molecule has 6 heteroatoms. The van der Waals surface area contributed by atoms with Crippen molar-refractivity contribution in [3.05, 3.63) is 18.2 Å². The normalized spacial score (nSPS) is 14.4. The van der Waals surface area contributed by atoms with Gasteiger partial charge in [0.2, 0.25) is 0 Å². The van der Waals surface area contributed by atoms with Crippen LogP contribution in [-0.2, 0) is 0 Å². The monoisotopic (exact) mass is 295 g/mol. The lowest BCUT2D eigenvalue weighted by molar-refractivity contribution is 0.200. The highest BCUT2D eigenvalue weighted by molar-refractivity contribution is 7.99. The van der Waals surface area contributed by atoms with Crippen LogP contribution in [0.3, 0.4) is 0 Å². The van der Waals surface area contributed by atoms with Crippen LogP contribution < -0.4 is 10.1 Å². The lowest BCUT2D eigenvalue weighted by Crippen LogP contribution is -2.45. The molecule has 20 heavy (non-hydrogen) atoms. The zero-order chi connectivity index (χ0) is 14.6. The first-order valence-electron chi connectivity index (χ1n) is 6.65. The minimum atomic E-state index is -0.305.